The largest absolute Gasteiger partial charge is 0.477 e. The molecule has 2 N–H and O–H groups in total. The van der Waals surface area contributed by atoms with Crippen LogP contribution in [0.4, 0.5) is 0 Å². The van der Waals surface area contributed by atoms with Crippen molar-refractivity contribution in [3.05, 3.63) is 50.9 Å². The molecule has 0 saturated heterocycles. The fraction of sp³-hybridized carbons (Fsp3) is 0. The number of nitrogens with zero attached hydrogens (tertiary/aromatic N) is 1. The quantitative estimate of drug-likeness (QED) is 0.879. The molecule has 0 fully saturated rings. The van der Waals surface area contributed by atoms with E-state index in [1.165, 1.54) is 4.68 Å². The predicted octanol–water partition coefficient (Wildman–Crippen LogP) is 1.63. The van der Waals surface area contributed by atoms with Crippen LogP contribution in [0.3, 0.4) is 0 Å². The van der Waals surface area contributed by atoms with Crippen LogP contribution in [0.1, 0.15) is 10.5 Å². The van der Waals surface area contributed by atoms with Gasteiger partial charge in [0.25, 0.3) is 5.56 Å². The van der Waals surface area contributed by atoms with Gasteiger partial charge in [-0.05, 0) is 24.3 Å². The van der Waals surface area contributed by atoms with Crippen molar-refractivity contribution in [2.24, 2.45) is 0 Å². The van der Waals surface area contributed by atoms with Gasteiger partial charge in [-0.2, -0.15) is 0 Å². The third-order valence-corrected chi connectivity index (χ3v) is 2.56. The van der Waals surface area contributed by atoms with E-state index < -0.39 is 11.5 Å². The summed E-state index contributed by atoms with van der Waals surface area (Å²) in [4.78, 5) is 22.1. The predicted molar refractivity (Wildman–Crippen MR) is 61.0 cm³/mol. The minimum absolute atomic E-state index is 0.132. The highest BCUT2D eigenvalue weighted by molar-refractivity contribution is 9.10. The minimum atomic E-state index is -1.16. The lowest BCUT2D eigenvalue weighted by atomic mass is 10.3. The number of aromatic nitrogens is 2. The fourth-order valence-electron chi connectivity index (χ4n) is 1.29. The maximum Gasteiger partial charge on any atom is 0.353 e. The highest BCUT2D eigenvalue weighted by Crippen LogP contribution is 2.12. The van der Waals surface area contributed by atoms with Crippen LogP contribution in [0, 0.1) is 0 Å². The number of hydrogen-bond acceptors (Lipinski definition) is 2. The number of H-pyrrole nitrogens is 1. The molecule has 2 rings (SSSR count). The molecule has 0 saturated carbocycles. The molecular weight excluding hydrogens is 276 g/mol. The molecule has 0 aliphatic rings. The van der Waals surface area contributed by atoms with Gasteiger partial charge in [-0.25, -0.2) is 9.48 Å². The van der Waals surface area contributed by atoms with Gasteiger partial charge >= 0.3 is 5.97 Å². The molecule has 5 nitrogen and oxygen atoms in total. The molecule has 1 aromatic carbocycles. The molecule has 0 aliphatic carbocycles. The first-order valence-electron chi connectivity index (χ1n) is 4.39. The number of aromatic amines is 1. The van der Waals surface area contributed by atoms with Crippen molar-refractivity contribution in [1.82, 2.24) is 9.78 Å². The Morgan fingerprint density at radius 2 is 1.94 bits per heavy atom. The first-order valence-corrected chi connectivity index (χ1v) is 5.18. The van der Waals surface area contributed by atoms with E-state index in [0.717, 1.165) is 10.5 Å². The normalized spacial score (nSPS) is 10.3. The summed E-state index contributed by atoms with van der Waals surface area (Å²) < 4.78 is 2.06. The molecule has 2 aromatic rings. The smallest absolute Gasteiger partial charge is 0.353 e. The zero-order valence-corrected chi connectivity index (χ0v) is 9.56. The molecule has 6 heteroatoms. The van der Waals surface area contributed by atoms with E-state index in [9.17, 15) is 9.59 Å². The summed E-state index contributed by atoms with van der Waals surface area (Å²) in [5.74, 6) is -1.16. The molecule has 0 bridgehead atoms. The number of rotatable bonds is 2. The Hall–Kier alpha value is -1.82. The average molecular weight is 283 g/mol. The zero-order chi connectivity index (χ0) is 11.7. The summed E-state index contributed by atoms with van der Waals surface area (Å²) in [6, 6.07) is 7.98. The molecule has 0 radical (unpaired) electrons. The number of carbonyl (C=O) groups is 1. The molecule has 0 aliphatic heterocycles. The number of carboxylic acids is 1. The number of aromatic carboxylic acids is 1. The Morgan fingerprint density at radius 1 is 1.31 bits per heavy atom. The van der Waals surface area contributed by atoms with Crippen molar-refractivity contribution in [2.75, 3.05) is 0 Å². The van der Waals surface area contributed by atoms with Gasteiger partial charge in [-0.1, -0.05) is 15.9 Å². The van der Waals surface area contributed by atoms with E-state index in [-0.39, 0.29) is 5.69 Å². The summed E-state index contributed by atoms with van der Waals surface area (Å²) in [7, 11) is 0. The topological polar surface area (TPSA) is 75.1 Å². The van der Waals surface area contributed by atoms with Crippen molar-refractivity contribution in [2.45, 2.75) is 0 Å². The Balaban J connectivity index is 2.52. The van der Waals surface area contributed by atoms with Crippen LogP contribution in [0.5, 0.6) is 0 Å². The molecular formula is C10H7BrN2O3. The van der Waals surface area contributed by atoms with Gasteiger partial charge in [0, 0.05) is 10.5 Å². The van der Waals surface area contributed by atoms with E-state index in [1.54, 1.807) is 24.3 Å². The molecule has 0 atom stereocenters. The second-order valence-corrected chi connectivity index (χ2v) is 4.04. The lowest BCUT2D eigenvalue weighted by Gasteiger charge is -2.00. The molecule has 0 spiro atoms. The number of halogens is 1. The summed E-state index contributed by atoms with van der Waals surface area (Å²) in [5, 5.41) is 11.2. The van der Waals surface area contributed by atoms with Crippen molar-refractivity contribution in [3.8, 4) is 5.69 Å². The molecule has 0 unspecified atom stereocenters. The summed E-state index contributed by atoms with van der Waals surface area (Å²) in [5.41, 5.74) is 0.0494. The van der Waals surface area contributed by atoms with E-state index in [2.05, 4.69) is 21.0 Å². The minimum Gasteiger partial charge on any atom is -0.477 e. The van der Waals surface area contributed by atoms with E-state index in [0.29, 0.717) is 5.69 Å². The molecule has 82 valence electrons. The monoisotopic (exact) mass is 282 g/mol. The lowest BCUT2D eigenvalue weighted by molar-refractivity contribution is 0.0690. The van der Waals surface area contributed by atoms with Crippen molar-refractivity contribution < 1.29 is 9.90 Å². The van der Waals surface area contributed by atoms with E-state index in [1.807, 2.05) is 0 Å². The van der Waals surface area contributed by atoms with Gasteiger partial charge < -0.3 is 5.11 Å². The maximum absolute atomic E-state index is 11.5. The third kappa shape index (κ3) is 1.92. The van der Waals surface area contributed by atoms with Gasteiger partial charge in [-0.3, -0.25) is 9.89 Å². The number of benzene rings is 1. The van der Waals surface area contributed by atoms with Crippen molar-refractivity contribution in [3.63, 3.8) is 0 Å². The lowest BCUT2D eigenvalue weighted by Crippen LogP contribution is -2.13. The van der Waals surface area contributed by atoms with Crippen LogP contribution < -0.4 is 5.56 Å². The first kappa shape index (κ1) is 10.7. The number of hydrogen-bond donors (Lipinski definition) is 2. The number of carboxylic acid groups (broad SMARTS) is 1. The third-order valence-electron chi connectivity index (χ3n) is 2.04. The van der Waals surface area contributed by atoms with Gasteiger partial charge in [0.05, 0.1) is 5.69 Å². The van der Waals surface area contributed by atoms with Crippen molar-refractivity contribution in [1.29, 1.82) is 0 Å². The van der Waals surface area contributed by atoms with Gasteiger partial charge in [-0.15, -0.1) is 0 Å². The van der Waals surface area contributed by atoms with Crippen LogP contribution in [0.2, 0.25) is 0 Å². The van der Waals surface area contributed by atoms with Gasteiger partial charge in [0.1, 0.15) is 5.69 Å². The zero-order valence-electron chi connectivity index (χ0n) is 7.98. The molecule has 1 aromatic heterocycles. The summed E-state index contributed by atoms with van der Waals surface area (Å²) in [6.07, 6.45) is 0. The summed E-state index contributed by atoms with van der Waals surface area (Å²) >= 11 is 3.27. The van der Waals surface area contributed by atoms with Gasteiger partial charge in [0.2, 0.25) is 0 Å². The Bertz CT molecular complexity index is 583. The van der Waals surface area contributed by atoms with Gasteiger partial charge in [0.15, 0.2) is 0 Å². The second-order valence-electron chi connectivity index (χ2n) is 3.13. The average Bonchev–Trinajstić information content (AvgIpc) is 2.62. The van der Waals surface area contributed by atoms with Crippen LogP contribution in [0.25, 0.3) is 5.69 Å². The SMILES string of the molecule is O=C(O)c1cc(=O)n(-c2ccc(Br)cc2)[nH]1. The van der Waals surface area contributed by atoms with Crippen LogP contribution in [-0.2, 0) is 0 Å². The van der Waals surface area contributed by atoms with Crippen LogP contribution >= 0.6 is 15.9 Å². The number of nitrogens with one attached hydrogen (secondary N) is 1. The van der Waals surface area contributed by atoms with E-state index >= 15 is 0 Å². The summed E-state index contributed by atoms with van der Waals surface area (Å²) in [6.45, 7) is 0. The second kappa shape index (κ2) is 3.97. The fourth-order valence-corrected chi connectivity index (χ4v) is 1.55. The molecule has 1 heterocycles. The van der Waals surface area contributed by atoms with E-state index in [4.69, 9.17) is 5.11 Å². The van der Waals surface area contributed by atoms with Crippen molar-refractivity contribution >= 4 is 21.9 Å². The van der Waals surface area contributed by atoms with Crippen LogP contribution in [0.15, 0.2) is 39.6 Å². The Morgan fingerprint density at radius 3 is 2.44 bits per heavy atom. The molecule has 0 amide bonds. The highest BCUT2D eigenvalue weighted by atomic mass is 79.9. The van der Waals surface area contributed by atoms with Crippen LogP contribution in [-0.4, -0.2) is 20.9 Å². The maximum atomic E-state index is 11.5. The standard InChI is InChI=1S/C10H7BrN2O3/c11-6-1-3-7(4-2-6)13-9(14)5-8(12-13)10(15)16/h1-5,12H,(H,15,16). The highest BCUT2D eigenvalue weighted by Gasteiger charge is 2.09. The Kier molecular flexibility index (Phi) is 2.66. The Labute approximate surface area is 98.4 Å². The first-order chi connectivity index (χ1) is 7.58. The molecule has 16 heavy (non-hydrogen) atoms.